The van der Waals surface area contributed by atoms with Gasteiger partial charge in [-0.25, -0.2) is 0 Å². The molecular formula is C18H17NO3. The smallest absolute Gasteiger partial charge is 0.243 e. The molecule has 0 fully saturated rings. The normalized spacial score (nSPS) is 16.1. The first-order valence-electron chi connectivity index (χ1n) is 7.16. The van der Waals surface area contributed by atoms with Crippen LogP contribution in [0.2, 0.25) is 0 Å². The molecule has 22 heavy (non-hydrogen) atoms. The Morgan fingerprint density at radius 3 is 2.82 bits per heavy atom. The lowest BCUT2D eigenvalue weighted by Crippen LogP contribution is -2.41. The van der Waals surface area contributed by atoms with E-state index >= 15 is 0 Å². The molecule has 1 unspecified atom stereocenters. The first-order valence-corrected chi connectivity index (χ1v) is 7.16. The van der Waals surface area contributed by atoms with Gasteiger partial charge in [0.25, 0.3) is 0 Å². The molecule has 1 amide bonds. The maximum Gasteiger partial charge on any atom is 0.243 e. The number of benzene rings is 2. The van der Waals surface area contributed by atoms with Gasteiger partial charge >= 0.3 is 0 Å². The highest BCUT2D eigenvalue weighted by Crippen LogP contribution is 2.31. The molecule has 0 saturated heterocycles. The van der Waals surface area contributed by atoms with E-state index in [2.05, 4.69) is 11.9 Å². The zero-order valence-electron chi connectivity index (χ0n) is 12.1. The van der Waals surface area contributed by atoms with E-state index in [9.17, 15) is 4.79 Å². The summed E-state index contributed by atoms with van der Waals surface area (Å²) in [6.45, 7) is 3.90. The fourth-order valence-corrected chi connectivity index (χ4v) is 2.39. The summed E-state index contributed by atoms with van der Waals surface area (Å²) in [5.74, 6) is 2.14. The molecule has 0 aliphatic carbocycles. The van der Waals surface area contributed by atoms with Gasteiger partial charge in [-0.3, -0.25) is 4.79 Å². The predicted molar refractivity (Wildman–Crippen MR) is 84.3 cm³/mol. The number of carbonyl (C=O) groups excluding carboxylic acids is 1. The summed E-state index contributed by atoms with van der Waals surface area (Å²) >= 11 is 0. The van der Waals surface area contributed by atoms with Gasteiger partial charge in [0.05, 0.1) is 6.04 Å². The standard InChI is InChI=1S/C18H17NO3/c1-2-18(20)19-14-10-13-8-9-16(11-17(13)21-12-14)22-15-6-4-3-5-7-15/h2-9,11,14H,1,10,12H2,(H,19,20). The molecular weight excluding hydrogens is 278 g/mol. The van der Waals surface area contributed by atoms with E-state index in [-0.39, 0.29) is 11.9 Å². The molecule has 112 valence electrons. The van der Waals surface area contributed by atoms with Crippen LogP contribution in [0.3, 0.4) is 0 Å². The average Bonchev–Trinajstić information content (AvgIpc) is 2.56. The number of nitrogens with one attached hydrogen (secondary N) is 1. The molecule has 1 heterocycles. The van der Waals surface area contributed by atoms with Gasteiger partial charge in [0.1, 0.15) is 23.9 Å². The van der Waals surface area contributed by atoms with Crippen molar-refractivity contribution in [3.8, 4) is 17.2 Å². The van der Waals surface area contributed by atoms with Crippen LogP contribution in [-0.2, 0) is 11.2 Å². The molecule has 1 N–H and O–H groups in total. The van der Waals surface area contributed by atoms with E-state index in [1.807, 2.05) is 48.5 Å². The number of amides is 1. The summed E-state index contributed by atoms with van der Waals surface area (Å²) < 4.78 is 11.5. The van der Waals surface area contributed by atoms with E-state index in [0.29, 0.717) is 6.61 Å². The fraction of sp³-hybridized carbons (Fsp3) is 0.167. The van der Waals surface area contributed by atoms with E-state index in [1.54, 1.807) is 0 Å². The van der Waals surface area contributed by atoms with Crippen molar-refractivity contribution < 1.29 is 14.3 Å². The molecule has 3 rings (SSSR count). The number of para-hydroxylation sites is 1. The van der Waals surface area contributed by atoms with E-state index in [1.165, 1.54) is 6.08 Å². The number of fused-ring (bicyclic) bond motifs is 1. The van der Waals surface area contributed by atoms with Gasteiger partial charge in [-0.1, -0.05) is 30.8 Å². The summed E-state index contributed by atoms with van der Waals surface area (Å²) in [4.78, 5) is 11.3. The second kappa shape index (κ2) is 6.35. The van der Waals surface area contributed by atoms with Crippen molar-refractivity contribution in [2.24, 2.45) is 0 Å². The molecule has 4 heteroatoms. The molecule has 1 atom stereocenters. The lowest BCUT2D eigenvalue weighted by molar-refractivity contribution is -0.117. The van der Waals surface area contributed by atoms with Gasteiger partial charge in [-0.15, -0.1) is 0 Å². The predicted octanol–water partition coefficient (Wildman–Crippen LogP) is 3.08. The Hall–Kier alpha value is -2.75. The molecule has 2 aromatic carbocycles. The van der Waals surface area contributed by atoms with Crippen LogP contribution in [-0.4, -0.2) is 18.6 Å². The monoisotopic (exact) mass is 295 g/mol. The third-order valence-electron chi connectivity index (χ3n) is 3.46. The van der Waals surface area contributed by atoms with Crippen molar-refractivity contribution in [3.05, 3.63) is 66.7 Å². The van der Waals surface area contributed by atoms with Gasteiger partial charge in [0, 0.05) is 6.07 Å². The summed E-state index contributed by atoms with van der Waals surface area (Å²) in [5.41, 5.74) is 1.06. The van der Waals surface area contributed by atoms with Crippen LogP contribution in [0.5, 0.6) is 17.2 Å². The quantitative estimate of drug-likeness (QED) is 0.882. The van der Waals surface area contributed by atoms with Gasteiger partial charge in [-0.05, 0) is 36.3 Å². The summed E-state index contributed by atoms with van der Waals surface area (Å²) in [6, 6.07) is 15.3. The molecule has 1 aliphatic heterocycles. The van der Waals surface area contributed by atoms with Crippen molar-refractivity contribution >= 4 is 5.91 Å². The zero-order valence-corrected chi connectivity index (χ0v) is 12.1. The minimum absolute atomic E-state index is 0.0288. The van der Waals surface area contributed by atoms with E-state index < -0.39 is 0 Å². The molecule has 2 aromatic rings. The van der Waals surface area contributed by atoms with Crippen molar-refractivity contribution in [2.75, 3.05) is 6.61 Å². The Morgan fingerprint density at radius 2 is 2.05 bits per heavy atom. The van der Waals surface area contributed by atoms with Gasteiger partial charge in [0.2, 0.25) is 5.91 Å². The Labute approximate surface area is 129 Å². The van der Waals surface area contributed by atoms with Gasteiger partial charge < -0.3 is 14.8 Å². The Balaban J connectivity index is 1.70. The molecule has 1 aliphatic rings. The number of rotatable bonds is 4. The fourth-order valence-electron chi connectivity index (χ4n) is 2.39. The highest BCUT2D eigenvalue weighted by molar-refractivity contribution is 5.87. The Bertz CT molecular complexity index is 682. The van der Waals surface area contributed by atoms with Crippen LogP contribution in [0.15, 0.2) is 61.2 Å². The molecule has 0 bridgehead atoms. The van der Waals surface area contributed by atoms with Crippen molar-refractivity contribution in [2.45, 2.75) is 12.5 Å². The summed E-state index contributed by atoms with van der Waals surface area (Å²) in [6.07, 6.45) is 2.01. The first kappa shape index (κ1) is 14.2. The first-order chi connectivity index (χ1) is 10.7. The third-order valence-corrected chi connectivity index (χ3v) is 3.46. The van der Waals surface area contributed by atoms with Crippen LogP contribution in [0.4, 0.5) is 0 Å². The highest BCUT2D eigenvalue weighted by atomic mass is 16.5. The van der Waals surface area contributed by atoms with Gasteiger partial charge in [0.15, 0.2) is 0 Å². The third kappa shape index (κ3) is 3.28. The molecule has 0 saturated carbocycles. The topological polar surface area (TPSA) is 47.6 Å². The number of carbonyl (C=O) groups is 1. The minimum atomic E-state index is -0.180. The van der Waals surface area contributed by atoms with Crippen molar-refractivity contribution in [3.63, 3.8) is 0 Å². The Kier molecular flexibility index (Phi) is 4.10. The lowest BCUT2D eigenvalue weighted by Gasteiger charge is -2.26. The van der Waals surface area contributed by atoms with Crippen LogP contribution in [0.1, 0.15) is 5.56 Å². The largest absolute Gasteiger partial charge is 0.491 e. The van der Waals surface area contributed by atoms with Crippen LogP contribution < -0.4 is 14.8 Å². The van der Waals surface area contributed by atoms with Crippen molar-refractivity contribution in [1.29, 1.82) is 0 Å². The van der Waals surface area contributed by atoms with Crippen LogP contribution in [0, 0.1) is 0 Å². The summed E-state index contributed by atoms with van der Waals surface area (Å²) in [7, 11) is 0. The second-order valence-electron chi connectivity index (χ2n) is 5.11. The lowest BCUT2D eigenvalue weighted by atomic mass is 10.0. The van der Waals surface area contributed by atoms with Gasteiger partial charge in [-0.2, -0.15) is 0 Å². The second-order valence-corrected chi connectivity index (χ2v) is 5.11. The number of hydrogen-bond donors (Lipinski definition) is 1. The molecule has 0 aromatic heterocycles. The molecule has 0 radical (unpaired) electrons. The van der Waals surface area contributed by atoms with E-state index in [4.69, 9.17) is 9.47 Å². The number of hydrogen-bond acceptors (Lipinski definition) is 3. The summed E-state index contributed by atoms with van der Waals surface area (Å²) in [5, 5.41) is 2.85. The van der Waals surface area contributed by atoms with E-state index in [0.717, 1.165) is 29.2 Å². The maximum atomic E-state index is 11.3. The zero-order chi connectivity index (χ0) is 15.4. The SMILES string of the molecule is C=CC(=O)NC1COc2cc(Oc3ccccc3)ccc2C1. The average molecular weight is 295 g/mol. The van der Waals surface area contributed by atoms with Crippen molar-refractivity contribution in [1.82, 2.24) is 5.32 Å². The molecule has 0 spiro atoms. The highest BCUT2D eigenvalue weighted by Gasteiger charge is 2.21. The van der Waals surface area contributed by atoms with Crippen LogP contribution >= 0.6 is 0 Å². The Morgan fingerprint density at radius 1 is 1.23 bits per heavy atom. The minimum Gasteiger partial charge on any atom is -0.491 e. The molecule has 4 nitrogen and oxygen atoms in total. The van der Waals surface area contributed by atoms with Crippen LogP contribution in [0.25, 0.3) is 0 Å². The maximum absolute atomic E-state index is 11.3. The number of ether oxygens (including phenoxy) is 2.